The molecule has 11 nitrogen and oxygen atoms in total. The van der Waals surface area contributed by atoms with Gasteiger partial charge in [-0.05, 0) is 38.5 Å². The Morgan fingerprint density at radius 3 is 1.23 bits per heavy atom. The first-order valence-corrected chi connectivity index (χ1v) is 26.2. The van der Waals surface area contributed by atoms with Crippen LogP contribution >= 0.6 is 7.82 Å². The van der Waals surface area contributed by atoms with Gasteiger partial charge in [-0.15, -0.1) is 0 Å². The van der Waals surface area contributed by atoms with Crippen molar-refractivity contribution in [3.8, 4) is 0 Å². The highest BCUT2D eigenvalue weighted by molar-refractivity contribution is 7.47. The second kappa shape index (κ2) is 43.9. The number of esters is 2. The van der Waals surface area contributed by atoms with E-state index in [2.05, 4.69) is 30.5 Å². The van der Waals surface area contributed by atoms with Crippen molar-refractivity contribution in [2.75, 3.05) is 19.8 Å². The molecule has 0 aliphatic carbocycles. The summed E-state index contributed by atoms with van der Waals surface area (Å²) in [5.41, 5.74) is 5.35. The Hall–Kier alpha value is -1.78. The average molecular weight is 874 g/mol. The maximum atomic E-state index is 12.7. The molecule has 0 rings (SSSR count). The molecule has 0 fully saturated rings. The molecule has 0 heterocycles. The summed E-state index contributed by atoms with van der Waals surface area (Å²) in [6, 6.07) is -1.52. The van der Waals surface area contributed by atoms with Gasteiger partial charge in [0, 0.05) is 12.8 Å². The quantitative estimate of drug-likeness (QED) is 0.0230. The highest BCUT2D eigenvalue weighted by Gasteiger charge is 2.28. The predicted molar refractivity (Wildman–Crippen MR) is 245 cm³/mol. The molecule has 0 aromatic carbocycles. The van der Waals surface area contributed by atoms with Gasteiger partial charge in [-0.1, -0.05) is 206 Å². The third-order valence-corrected chi connectivity index (χ3v) is 12.0. The van der Waals surface area contributed by atoms with Gasteiger partial charge in [0.2, 0.25) is 0 Å². The highest BCUT2D eigenvalue weighted by atomic mass is 31.2. The van der Waals surface area contributed by atoms with E-state index in [1.807, 2.05) is 0 Å². The summed E-state index contributed by atoms with van der Waals surface area (Å²) in [5.74, 6) is -2.36. The first-order valence-electron chi connectivity index (χ1n) is 24.7. The summed E-state index contributed by atoms with van der Waals surface area (Å²) in [6.07, 6.45) is 45.6. The Bertz CT molecular complexity index is 1070. The van der Waals surface area contributed by atoms with Gasteiger partial charge >= 0.3 is 25.7 Å². The summed E-state index contributed by atoms with van der Waals surface area (Å²) in [5, 5.41) is 8.91. The van der Waals surface area contributed by atoms with Crippen molar-refractivity contribution in [2.45, 2.75) is 257 Å². The van der Waals surface area contributed by atoms with Crippen LogP contribution in [0.25, 0.3) is 0 Å². The first kappa shape index (κ1) is 58.2. The van der Waals surface area contributed by atoms with Crippen LogP contribution in [0.3, 0.4) is 0 Å². The molecule has 1 unspecified atom stereocenters. The Kier molecular flexibility index (Phi) is 42.6. The second-order valence-electron chi connectivity index (χ2n) is 17.0. The summed E-state index contributed by atoms with van der Waals surface area (Å²) in [4.78, 5) is 46.1. The molecule has 0 aliphatic heterocycles. The van der Waals surface area contributed by atoms with Gasteiger partial charge in [0.15, 0.2) is 6.10 Å². The van der Waals surface area contributed by atoms with Crippen LogP contribution in [0.4, 0.5) is 0 Å². The third kappa shape index (κ3) is 42.9. The van der Waals surface area contributed by atoms with Crippen molar-refractivity contribution in [3.05, 3.63) is 12.2 Å². The van der Waals surface area contributed by atoms with Crippen molar-refractivity contribution >= 4 is 25.7 Å². The summed E-state index contributed by atoms with van der Waals surface area (Å²) >= 11 is 0. The van der Waals surface area contributed by atoms with Crippen molar-refractivity contribution in [1.82, 2.24) is 0 Å². The third-order valence-electron chi connectivity index (χ3n) is 11.0. The number of phosphoric ester groups is 1. The fourth-order valence-corrected chi connectivity index (χ4v) is 7.90. The number of carbonyl (C=O) groups excluding carboxylic acids is 2. The van der Waals surface area contributed by atoms with Crippen LogP contribution in [-0.2, 0) is 37.5 Å². The summed E-state index contributed by atoms with van der Waals surface area (Å²) in [7, 11) is -4.71. The lowest BCUT2D eigenvalue weighted by Crippen LogP contribution is -2.34. The van der Waals surface area contributed by atoms with Gasteiger partial charge < -0.3 is 25.2 Å². The van der Waals surface area contributed by atoms with Gasteiger partial charge in [0.1, 0.15) is 12.6 Å². The zero-order valence-electron chi connectivity index (χ0n) is 38.6. The topological polar surface area (TPSA) is 172 Å². The minimum absolute atomic E-state index is 0.167. The zero-order chi connectivity index (χ0) is 44.2. The van der Waals surface area contributed by atoms with E-state index >= 15 is 0 Å². The van der Waals surface area contributed by atoms with E-state index in [4.69, 9.17) is 24.8 Å². The monoisotopic (exact) mass is 874 g/mol. The maximum absolute atomic E-state index is 12.7. The summed E-state index contributed by atoms with van der Waals surface area (Å²) < 4.78 is 32.8. The number of ether oxygens (including phenoxy) is 2. The fraction of sp³-hybridized carbons (Fsp3) is 0.896. The van der Waals surface area contributed by atoms with Crippen LogP contribution in [-0.4, -0.2) is 59.9 Å². The number of carboxylic acids is 1. The number of phosphoric acid groups is 1. The Labute approximate surface area is 367 Å². The fourth-order valence-electron chi connectivity index (χ4n) is 7.12. The molecule has 0 saturated heterocycles. The molecule has 12 heteroatoms. The number of carboxylic acid groups (broad SMARTS) is 1. The predicted octanol–water partition coefficient (Wildman–Crippen LogP) is 13.6. The molecule has 0 aromatic rings. The molecule has 354 valence electrons. The van der Waals surface area contributed by atoms with Gasteiger partial charge in [-0.25, -0.2) is 4.57 Å². The number of hydrogen-bond donors (Lipinski definition) is 3. The average Bonchev–Trinajstić information content (AvgIpc) is 3.22. The van der Waals surface area contributed by atoms with E-state index < -0.39 is 51.1 Å². The smallest absolute Gasteiger partial charge is 0.472 e. The molecule has 0 radical (unpaired) electrons. The normalized spacial score (nSPS) is 13.7. The van der Waals surface area contributed by atoms with Crippen LogP contribution in [0.15, 0.2) is 12.2 Å². The Balaban J connectivity index is 4.22. The van der Waals surface area contributed by atoms with Crippen molar-refractivity contribution in [3.63, 3.8) is 0 Å². The summed E-state index contributed by atoms with van der Waals surface area (Å²) in [6.45, 7) is 2.83. The Morgan fingerprint density at radius 2 is 0.833 bits per heavy atom. The minimum atomic E-state index is -4.71. The zero-order valence-corrected chi connectivity index (χ0v) is 39.5. The van der Waals surface area contributed by atoms with Gasteiger partial charge in [-0.3, -0.25) is 23.4 Å². The number of unbranched alkanes of at least 4 members (excludes halogenated alkanes) is 31. The van der Waals surface area contributed by atoms with Crippen molar-refractivity contribution < 1.29 is 47.5 Å². The molecule has 0 amide bonds. The molecule has 0 aromatic heterocycles. The first-order chi connectivity index (χ1) is 29.1. The number of hydrogen-bond acceptors (Lipinski definition) is 9. The van der Waals surface area contributed by atoms with Crippen LogP contribution < -0.4 is 5.73 Å². The molecular formula is C48H92NO10P. The standard InChI is InChI=1S/C48H92NO10P/c1-3-5-7-9-11-13-15-17-19-20-21-22-23-24-26-28-30-32-34-36-38-40-47(51)59-44(42-57-60(54,55)58-43-45(49)48(52)53)41-56-46(50)39-37-35-33-31-29-27-25-18-16-14-12-10-8-6-4-2/h14,16,44-45H,3-13,15,17-43,49H2,1-2H3,(H,52,53)(H,54,55)/b16-14+/t44-,45-/m0/s1. The largest absolute Gasteiger partial charge is 0.480 e. The Morgan fingerprint density at radius 1 is 0.500 bits per heavy atom. The molecule has 60 heavy (non-hydrogen) atoms. The van der Waals surface area contributed by atoms with Crippen molar-refractivity contribution in [1.29, 1.82) is 0 Å². The molecule has 0 bridgehead atoms. The number of rotatable bonds is 47. The number of carbonyl (C=O) groups is 3. The van der Waals surface area contributed by atoms with E-state index in [0.717, 1.165) is 44.9 Å². The van der Waals surface area contributed by atoms with E-state index in [1.54, 1.807) is 0 Å². The maximum Gasteiger partial charge on any atom is 0.472 e. The lowest BCUT2D eigenvalue weighted by Gasteiger charge is -2.20. The number of aliphatic carboxylic acids is 1. The van der Waals surface area contributed by atoms with Gasteiger partial charge in [-0.2, -0.15) is 0 Å². The second-order valence-corrected chi connectivity index (χ2v) is 18.4. The lowest BCUT2D eigenvalue weighted by atomic mass is 10.0. The molecule has 0 spiro atoms. The molecular weight excluding hydrogens is 781 g/mol. The van der Waals surface area contributed by atoms with Crippen molar-refractivity contribution in [2.24, 2.45) is 5.73 Å². The van der Waals surface area contributed by atoms with Crippen LogP contribution in [0.1, 0.15) is 245 Å². The van der Waals surface area contributed by atoms with E-state index in [1.165, 1.54) is 161 Å². The lowest BCUT2D eigenvalue weighted by molar-refractivity contribution is -0.161. The van der Waals surface area contributed by atoms with Crippen LogP contribution in [0.5, 0.6) is 0 Å². The molecule has 0 saturated carbocycles. The highest BCUT2D eigenvalue weighted by Crippen LogP contribution is 2.43. The number of allylic oxidation sites excluding steroid dienone is 2. The molecule has 0 aliphatic rings. The molecule has 3 atom stereocenters. The van der Waals surface area contributed by atoms with Crippen LogP contribution in [0, 0.1) is 0 Å². The molecule has 4 N–H and O–H groups in total. The van der Waals surface area contributed by atoms with E-state index in [9.17, 15) is 23.8 Å². The van der Waals surface area contributed by atoms with Gasteiger partial charge in [0.25, 0.3) is 0 Å². The SMILES string of the molecule is CCCCCC/C=C/CCCCCCCCCC(=O)OC[C@@H](COP(=O)(O)OC[C@H](N)C(=O)O)OC(=O)CCCCCCCCCCCCCCCCCCCCCCC. The van der Waals surface area contributed by atoms with Crippen LogP contribution in [0.2, 0.25) is 0 Å². The van der Waals surface area contributed by atoms with Gasteiger partial charge in [0.05, 0.1) is 13.2 Å². The van der Waals surface area contributed by atoms with E-state index in [0.29, 0.717) is 12.8 Å². The van der Waals surface area contributed by atoms with E-state index in [-0.39, 0.29) is 19.4 Å². The minimum Gasteiger partial charge on any atom is -0.480 e. The number of nitrogens with two attached hydrogens (primary N) is 1.